The molecular formula is C14H21FN2. The van der Waals surface area contributed by atoms with E-state index in [9.17, 15) is 4.39 Å². The first-order valence-electron chi connectivity index (χ1n) is 6.41. The van der Waals surface area contributed by atoms with Crippen LogP contribution in [0.5, 0.6) is 0 Å². The predicted octanol–water partition coefficient (Wildman–Crippen LogP) is 3.28. The highest BCUT2D eigenvalue weighted by Gasteiger charge is 2.31. The molecule has 0 aliphatic heterocycles. The van der Waals surface area contributed by atoms with Gasteiger partial charge < -0.3 is 5.32 Å². The molecule has 0 radical (unpaired) electrons. The van der Waals surface area contributed by atoms with Crippen molar-refractivity contribution in [2.75, 3.05) is 0 Å². The first kappa shape index (κ1) is 12.5. The monoisotopic (exact) mass is 236 g/mol. The van der Waals surface area contributed by atoms with Crippen LogP contribution >= 0.6 is 0 Å². The number of aromatic nitrogens is 1. The molecule has 1 aromatic rings. The van der Waals surface area contributed by atoms with Crippen molar-refractivity contribution in [1.82, 2.24) is 10.3 Å². The zero-order chi connectivity index (χ0) is 12.3. The maximum Gasteiger partial charge on any atom is 0.141 e. The largest absolute Gasteiger partial charge is 0.309 e. The van der Waals surface area contributed by atoms with Crippen molar-refractivity contribution in [2.24, 2.45) is 5.41 Å². The molecule has 1 aliphatic rings. The van der Waals surface area contributed by atoms with Crippen molar-refractivity contribution in [3.8, 4) is 0 Å². The van der Waals surface area contributed by atoms with Gasteiger partial charge in [-0.3, -0.25) is 4.98 Å². The molecule has 2 rings (SSSR count). The van der Waals surface area contributed by atoms with Crippen molar-refractivity contribution in [1.29, 1.82) is 0 Å². The highest BCUT2D eigenvalue weighted by atomic mass is 19.1. The Morgan fingerprint density at radius 3 is 2.94 bits per heavy atom. The summed E-state index contributed by atoms with van der Waals surface area (Å²) in [5, 5.41) is 3.55. The molecule has 0 spiro atoms. The van der Waals surface area contributed by atoms with Gasteiger partial charge in [0.05, 0.1) is 6.20 Å². The van der Waals surface area contributed by atoms with Gasteiger partial charge in [-0.2, -0.15) is 0 Å². The first-order chi connectivity index (χ1) is 8.08. The number of nitrogens with zero attached hydrogens (tertiary/aromatic N) is 1. The lowest BCUT2D eigenvalue weighted by Gasteiger charge is -2.39. The van der Waals surface area contributed by atoms with E-state index in [0.29, 0.717) is 18.0 Å². The lowest BCUT2D eigenvalue weighted by Crippen LogP contribution is -2.43. The number of pyridine rings is 1. The van der Waals surface area contributed by atoms with E-state index < -0.39 is 0 Å². The van der Waals surface area contributed by atoms with Gasteiger partial charge >= 0.3 is 0 Å². The van der Waals surface area contributed by atoms with Crippen molar-refractivity contribution in [3.05, 3.63) is 29.8 Å². The number of halogens is 1. The molecular weight excluding hydrogens is 215 g/mol. The quantitative estimate of drug-likeness (QED) is 0.871. The summed E-state index contributed by atoms with van der Waals surface area (Å²) in [6, 6.07) is 2.08. The van der Waals surface area contributed by atoms with E-state index >= 15 is 0 Å². The van der Waals surface area contributed by atoms with Gasteiger partial charge in [0.2, 0.25) is 0 Å². The van der Waals surface area contributed by atoms with Gasteiger partial charge in [0.25, 0.3) is 0 Å². The van der Waals surface area contributed by atoms with Crippen LogP contribution in [-0.4, -0.2) is 11.0 Å². The van der Waals surface area contributed by atoms with E-state index in [1.165, 1.54) is 31.9 Å². The predicted molar refractivity (Wildman–Crippen MR) is 67.1 cm³/mol. The average molecular weight is 236 g/mol. The van der Waals surface area contributed by atoms with Gasteiger partial charge in [-0.15, -0.1) is 0 Å². The molecule has 3 heteroatoms. The second-order valence-electron chi connectivity index (χ2n) is 5.68. The number of hydrogen-bond acceptors (Lipinski definition) is 2. The van der Waals surface area contributed by atoms with Crippen molar-refractivity contribution in [2.45, 2.75) is 52.1 Å². The molecule has 1 N–H and O–H groups in total. The summed E-state index contributed by atoms with van der Waals surface area (Å²) in [5.41, 5.74) is 1.27. The maximum atomic E-state index is 13.0. The van der Waals surface area contributed by atoms with Crippen LogP contribution in [0.25, 0.3) is 0 Å². The van der Waals surface area contributed by atoms with E-state index in [0.717, 1.165) is 5.56 Å². The molecule has 94 valence electrons. The topological polar surface area (TPSA) is 24.9 Å². The molecule has 1 heterocycles. The van der Waals surface area contributed by atoms with E-state index in [-0.39, 0.29) is 5.82 Å². The maximum absolute atomic E-state index is 13.0. The normalized spacial score (nSPS) is 23.6. The standard InChI is InChI=1S/C14H21FN2/c1-14(2)6-4-3-5-13(14)17-9-11-7-12(15)10-16-8-11/h7-8,10,13,17H,3-6,9H2,1-2H3. The number of rotatable bonds is 3. The summed E-state index contributed by atoms with van der Waals surface area (Å²) >= 11 is 0. The average Bonchev–Trinajstić information content (AvgIpc) is 2.27. The van der Waals surface area contributed by atoms with Gasteiger partial charge in [-0.25, -0.2) is 4.39 Å². The Labute approximate surface area is 103 Å². The molecule has 1 aromatic heterocycles. The fraction of sp³-hybridized carbons (Fsp3) is 0.643. The van der Waals surface area contributed by atoms with Crippen LogP contribution in [0.4, 0.5) is 4.39 Å². The zero-order valence-corrected chi connectivity index (χ0v) is 10.7. The Bertz CT molecular complexity index is 376. The fourth-order valence-electron chi connectivity index (χ4n) is 2.67. The fourth-order valence-corrected chi connectivity index (χ4v) is 2.67. The molecule has 1 unspecified atom stereocenters. The van der Waals surface area contributed by atoms with Crippen molar-refractivity contribution in [3.63, 3.8) is 0 Å². The van der Waals surface area contributed by atoms with Gasteiger partial charge in [0.15, 0.2) is 0 Å². The SMILES string of the molecule is CC1(C)CCCCC1NCc1cncc(F)c1. The molecule has 1 saturated carbocycles. The van der Waals surface area contributed by atoms with Crippen LogP contribution in [0.3, 0.4) is 0 Å². The third-order valence-electron chi connectivity index (χ3n) is 3.82. The highest BCUT2D eigenvalue weighted by molar-refractivity contribution is 5.10. The Hall–Kier alpha value is -0.960. The minimum absolute atomic E-state index is 0.257. The van der Waals surface area contributed by atoms with Gasteiger partial charge in [-0.1, -0.05) is 26.7 Å². The molecule has 1 atom stereocenters. The lowest BCUT2D eigenvalue weighted by atomic mass is 9.73. The van der Waals surface area contributed by atoms with E-state index in [4.69, 9.17) is 0 Å². The smallest absolute Gasteiger partial charge is 0.141 e. The molecule has 0 aromatic carbocycles. The van der Waals surface area contributed by atoms with E-state index in [1.807, 2.05) is 0 Å². The zero-order valence-electron chi connectivity index (χ0n) is 10.7. The summed E-state index contributed by atoms with van der Waals surface area (Å²) in [7, 11) is 0. The lowest BCUT2D eigenvalue weighted by molar-refractivity contribution is 0.166. The molecule has 2 nitrogen and oxygen atoms in total. The van der Waals surface area contributed by atoms with Gasteiger partial charge in [0.1, 0.15) is 5.82 Å². The molecule has 0 amide bonds. The number of nitrogens with one attached hydrogen (secondary N) is 1. The second kappa shape index (κ2) is 5.13. The van der Waals surface area contributed by atoms with Crippen LogP contribution < -0.4 is 5.32 Å². The summed E-state index contributed by atoms with van der Waals surface area (Å²) < 4.78 is 13.0. The summed E-state index contributed by atoms with van der Waals surface area (Å²) in [6.07, 6.45) is 8.08. The van der Waals surface area contributed by atoms with Gasteiger partial charge in [-0.05, 0) is 29.9 Å². The summed E-state index contributed by atoms with van der Waals surface area (Å²) in [5.74, 6) is -0.257. The summed E-state index contributed by atoms with van der Waals surface area (Å²) in [4.78, 5) is 3.87. The Balaban J connectivity index is 1.93. The molecule has 0 bridgehead atoms. The molecule has 0 saturated heterocycles. The second-order valence-corrected chi connectivity index (χ2v) is 5.68. The minimum Gasteiger partial charge on any atom is -0.309 e. The third kappa shape index (κ3) is 3.25. The van der Waals surface area contributed by atoms with Crippen LogP contribution in [0.15, 0.2) is 18.5 Å². The van der Waals surface area contributed by atoms with Gasteiger partial charge in [0, 0.05) is 18.8 Å². The molecule has 17 heavy (non-hydrogen) atoms. The van der Waals surface area contributed by atoms with E-state index in [2.05, 4.69) is 24.1 Å². The number of hydrogen-bond donors (Lipinski definition) is 1. The van der Waals surface area contributed by atoms with Crippen molar-refractivity contribution >= 4 is 0 Å². The molecule has 1 fully saturated rings. The summed E-state index contributed by atoms with van der Waals surface area (Å²) in [6.45, 7) is 5.33. The Morgan fingerprint density at radius 1 is 1.41 bits per heavy atom. The van der Waals surface area contributed by atoms with Crippen LogP contribution in [0.2, 0.25) is 0 Å². The van der Waals surface area contributed by atoms with Crippen molar-refractivity contribution < 1.29 is 4.39 Å². The third-order valence-corrected chi connectivity index (χ3v) is 3.82. The van der Waals surface area contributed by atoms with E-state index in [1.54, 1.807) is 12.3 Å². The Kier molecular flexibility index (Phi) is 3.77. The van der Waals surface area contributed by atoms with Crippen LogP contribution in [0.1, 0.15) is 45.1 Å². The van der Waals surface area contributed by atoms with Crippen LogP contribution in [0, 0.1) is 11.2 Å². The Morgan fingerprint density at radius 2 is 2.24 bits per heavy atom. The molecule has 1 aliphatic carbocycles. The highest BCUT2D eigenvalue weighted by Crippen LogP contribution is 2.35. The minimum atomic E-state index is -0.257. The first-order valence-corrected chi connectivity index (χ1v) is 6.41. The van der Waals surface area contributed by atoms with Crippen LogP contribution in [-0.2, 0) is 6.54 Å².